The summed E-state index contributed by atoms with van der Waals surface area (Å²) in [4.78, 5) is 24.7. The van der Waals surface area contributed by atoms with Crippen molar-refractivity contribution in [2.24, 2.45) is 0 Å². The number of ketones is 1. The fourth-order valence-corrected chi connectivity index (χ4v) is 12.9. The predicted molar refractivity (Wildman–Crippen MR) is 237 cm³/mol. The molecule has 8 aromatic carbocycles. The van der Waals surface area contributed by atoms with E-state index in [1.165, 1.54) is 6.07 Å². The molecule has 76 heavy (non-hydrogen) atoms. The molecule has 26 heteroatoms. The highest BCUT2D eigenvalue weighted by atomic mass is 31.2. The van der Waals surface area contributed by atoms with E-state index in [0.29, 0.717) is 0 Å². The molecule has 0 heterocycles. The second kappa shape index (κ2) is 21.3. The maximum Gasteiger partial charge on any atom is 0.280 e. The third-order valence-electron chi connectivity index (χ3n) is 12.1. The van der Waals surface area contributed by atoms with Crippen molar-refractivity contribution in [3.63, 3.8) is 0 Å². The van der Waals surface area contributed by atoms with Gasteiger partial charge in [-0.3, -0.25) is 14.9 Å². The van der Waals surface area contributed by atoms with Crippen LogP contribution in [0.25, 0.3) is 0 Å². The predicted octanol–water partition coefficient (Wildman–Crippen LogP) is 10.6. The number of Topliss-reactive ketones (excluding diaryl/α,β-unsaturated/α-hetero) is 1. The number of hydrogen-bond donors (Lipinski definition) is 0. The van der Waals surface area contributed by atoms with Gasteiger partial charge in [0.2, 0.25) is 5.78 Å². The Morgan fingerprint density at radius 2 is 0.553 bits per heavy atom. The number of carbonyl (C=O) groups is 1. The molecule has 0 bridgehead atoms. The summed E-state index contributed by atoms with van der Waals surface area (Å²) in [7, 11) is -2.40. The first kappa shape index (κ1) is 55.7. The molecule has 0 atom stereocenters. The molecule has 0 fully saturated rings. The SMILES string of the molecule is Fc1c(F)c(F)c([B-](c2c(F)c(F)c(F)c(F)c2F)(c2c(F)c(F)c(F)c(F)c2F)c2c(F)c(F)c(F)c(F)c2F)c(F)c1F.O=C(C[P+](c1ccccc1)(c1ccccc1)c1ccccc1)c1ccccc1[N+](=O)[O-]. The quantitative estimate of drug-likeness (QED) is 0.0190. The molecule has 392 valence electrons. The number of para-hydroxylation sites is 1. The average molecular weight is 1110 g/mol. The van der Waals surface area contributed by atoms with E-state index in [9.17, 15) is 67.6 Å². The Morgan fingerprint density at radius 1 is 0.342 bits per heavy atom. The van der Waals surface area contributed by atoms with Gasteiger partial charge in [0.1, 0.15) is 82.0 Å². The van der Waals surface area contributed by atoms with Crippen LogP contribution in [0.2, 0.25) is 0 Å². The minimum atomic E-state index is -7.22. The molecule has 4 nitrogen and oxygen atoms in total. The molecular formula is C50H21BF20NO3P. The van der Waals surface area contributed by atoms with Gasteiger partial charge in [-0.2, -0.15) is 0 Å². The largest absolute Gasteiger partial charge is 0.290 e. The van der Waals surface area contributed by atoms with Crippen LogP contribution in [-0.4, -0.2) is 23.0 Å². The fourth-order valence-electron chi connectivity index (χ4n) is 8.81. The lowest BCUT2D eigenvalue weighted by atomic mass is 9.12. The number of halogens is 20. The van der Waals surface area contributed by atoms with Crippen LogP contribution < -0.4 is 37.8 Å². The maximum absolute atomic E-state index is 15.4. The third kappa shape index (κ3) is 8.78. The number of rotatable bonds is 11. The molecule has 0 amide bonds. The molecule has 0 aliphatic rings. The van der Waals surface area contributed by atoms with Gasteiger partial charge in [-0.15, -0.1) is 21.9 Å². The molecule has 0 aliphatic heterocycles. The van der Waals surface area contributed by atoms with E-state index in [-0.39, 0.29) is 23.2 Å². The monoisotopic (exact) mass is 1110 g/mol. The van der Waals surface area contributed by atoms with E-state index in [0.717, 1.165) is 15.9 Å². The molecule has 0 unspecified atom stereocenters. The van der Waals surface area contributed by atoms with Crippen molar-refractivity contribution in [2.75, 3.05) is 6.16 Å². The molecule has 0 radical (unpaired) electrons. The van der Waals surface area contributed by atoms with Crippen molar-refractivity contribution in [3.05, 3.63) is 247 Å². The summed E-state index contributed by atoms with van der Waals surface area (Å²) in [5.74, 6) is -71.6. The molecule has 0 aliphatic carbocycles. The fraction of sp³-hybridized carbons (Fsp3) is 0.0200. The molecule has 0 saturated carbocycles. The Labute approximate surface area is 412 Å². The van der Waals surface area contributed by atoms with Gasteiger partial charge in [-0.25, -0.2) is 87.8 Å². The van der Waals surface area contributed by atoms with Crippen LogP contribution in [0.1, 0.15) is 10.4 Å². The number of benzene rings is 8. The standard InChI is InChI=1S/C26H21NO3P.C24BF20/c28-26(24-18-10-11-19-25(24)27(29)30)20-31(21-12-4-1-5-13-21,22-14-6-2-7-15-22)23-16-8-3-9-17-23;26-5-1(6(27)14(35)21(42)13(5)34)25(2-7(28)15(36)22(43)16(37)8(2)29,3-9(30)17(38)23(44)18(39)10(3)31)4-11(32)19(40)24(45)20(41)12(4)33/h1-19H,20H2;/q+1;-1. The first-order valence-corrected chi connectivity index (χ1v) is 22.9. The van der Waals surface area contributed by atoms with E-state index in [1.54, 1.807) is 18.2 Å². The van der Waals surface area contributed by atoms with Crippen molar-refractivity contribution >= 4 is 62.6 Å². The summed E-state index contributed by atoms with van der Waals surface area (Å²) in [6, 6.07) is 36.3. The first-order chi connectivity index (χ1) is 35.8. The van der Waals surface area contributed by atoms with E-state index in [4.69, 9.17) is 0 Å². The zero-order valence-corrected chi connectivity index (χ0v) is 37.8. The summed E-state index contributed by atoms with van der Waals surface area (Å²) < 4.78 is 294. The summed E-state index contributed by atoms with van der Waals surface area (Å²) in [5.41, 5.74) is -14.3. The highest BCUT2D eigenvalue weighted by Gasteiger charge is 2.53. The van der Waals surface area contributed by atoms with Crippen LogP contribution in [0.5, 0.6) is 0 Å². The highest BCUT2D eigenvalue weighted by molar-refractivity contribution is 7.96. The van der Waals surface area contributed by atoms with Gasteiger partial charge in [0.05, 0.1) is 10.5 Å². The van der Waals surface area contributed by atoms with Gasteiger partial charge in [0.15, 0.2) is 69.8 Å². The zero-order chi connectivity index (χ0) is 56.0. The average Bonchev–Trinajstić information content (AvgIpc) is 3.45. The Hall–Kier alpha value is -8.08. The highest BCUT2D eigenvalue weighted by Crippen LogP contribution is 2.55. The Bertz CT molecular complexity index is 3160. The molecule has 0 spiro atoms. The van der Waals surface area contributed by atoms with Crippen LogP contribution >= 0.6 is 7.26 Å². The summed E-state index contributed by atoms with van der Waals surface area (Å²) in [5, 5.41) is 14.8. The third-order valence-corrected chi connectivity index (χ3v) is 16.4. The second-order valence-electron chi connectivity index (χ2n) is 16.0. The van der Waals surface area contributed by atoms with Crippen molar-refractivity contribution in [1.82, 2.24) is 0 Å². The molecule has 8 rings (SSSR count). The van der Waals surface area contributed by atoms with E-state index in [2.05, 4.69) is 36.4 Å². The van der Waals surface area contributed by atoms with Gasteiger partial charge in [0, 0.05) is 6.07 Å². The van der Waals surface area contributed by atoms with Crippen LogP contribution in [0.15, 0.2) is 115 Å². The zero-order valence-electron chi connectivity index (χ0n) is 36.9. The lowest BCUT2D eigenvalue weighted by Gasteiger charge is -2.44. The van der Waals surface area contributed by atoms with Gasteiger partial charge < -0.3 is 0 Å². The van der Waals surface area contributed by atoms with Gasteiger partial charge in [0.25, 0.3) is 5.69 Å². The number of nitro groups is 1. The van der Waals surface area contributed by atoms with Crippen molar-refractivity contribution in [1.29, 1.82) is 0 Å². The molecule has 0 saturated heterocycles. The van der Waals surface area contributed by atoms with Crippen LogP contribution in [0.4, 0.5) is 93.5 Å². The summed E-state index contributed by atoms with van der Waals surface area (Å²) in [6.07, 6.45) is -7.04. The number of hydrogen-bond acceptors (Lipinski definition) is 3. The van der Waals surface area contributed by atoms with Crippen molar-refractivity contribution < 1.29 is 97.5 Å². The number of nitrogens with zero attached hydrogens (tertiary/aromatic N) is 1. The van der Waals surface area contributed by atoms with Crippen molar-refractivity contribution in [2.45, 2.75) is 0 Å². The van der Waals surface area contributed by atoms with Gasteiger partial charge >= 0.3 is 0 Å². The van der Waals surface area contributed by atoms with Crippen LogP contribution in [0, 0.1) is 126 Å². The maximum atomic E-state index is 15.4. The summed E-state index contributed by atoms with van der Waals surface area (Å²) >= 11 is 0. The molecular weight excluding hydrogens is 1080 g/mol. The van der Waals surface area contributed by atoms with E-state index >= 15 is 35.1 Å². The summed E-state index contributed by atoms with van der Waals surface area (Å²) in [6.45, 7) is 0. The Kier molecular flexibility index (Phi) is 15.6. The van der Waals surface area contributed by atoms with Gasteiger partial charge in [-0.05, 0) is 42.5 Å². The Balaban J connectivity index is 0.000000236. The van der Waals surface area contributed by atoms with Crippen molar-refractivity contribution in [3.8, 4) is 0 Å². The second-order valence-corrected chi connectivity index (χ2v) is 19.5. The molecule has 0 N–H and O–H groups in total. The van der Waals surface area contributed by atoms with Gasteiger partial charge in [-0.1, -0.05) is 66.7 Å². The Morgan fingerprint density at radius 3 is 0.789 bits per heavy atom. The lowest BCUT2D eigenvalue weighted by Crippen LogP contribution is -2.81. The molecule has 8 aromatic rings. The lowest BCUT2D eigenvalue weighted by molar-refractivity contribution is -0.385. The minimum absolute atomic E-state index is 0.152. The van der Waals surface area contributed by atoms with E-state index < -0.39 is 157 Å². The van der Waals surface area contributed by atoms with E-state index in [1.807, 2.05) is 54.6 Å². The van der Waals surface area contributed by atoms with Crippen LogP contribution in [-0.2, 0) is 0 Å². The molecule has 0 aromatic heterocycles. The number of nitro benzene ring substituents is 1. The topological polar surface area (TPSA) is 60.2 Å². The number of carbonyl (C=O) groups excluding carboxylic acids is 1. The van der Waals surface area contributed by atoms with Crippen LogP contribution in [0.3, 0.4) is 0 Å². The minimum Gasteiger partial charge on any atom is -0.290 e. The smallest absolute Gasteiger partial charge is 0.280 e. The first-order valence-electron chi connectivity index (χ1n) is 20.9. The normalized spacial score (nSPS) is 11.6.